The van der Waals surface area contributed by atoms with Crippen molar-refractivity contribution >= 4 is 5.78 Å². The number of rotatable bonds is 5. The first-order chi connectivity index (χ1) is 4.95. The van der Waals surface area contributed by atoms with Crippen molar-refractivity contribution in [3.63, 3.8) is 0 Å². The van der Waals surface area contributed by atoms with Crippen LogP contribution in [0.25, 0.3) is 0 Å². The van der Waals surface area contributed by atoms with Crippen LogP contribution in [0.2, 0.25) is 0 Å². The van der Waals surface area contributed by atoms with Crippen molar-refractivity contribution in [2.24, 2.45) is 0 Å². The number of hydrogen-bond donors (Lipinski definition) is 0. The molecule has 0 aliphatic heterocycles. The molecule has 0 rings (SSSR count). The van der Waals surface area contributed by atoms with E-state index in [1.54, 1.807) is 0 Å². The largest absolute Gasteiger partial charge is 1.00 e. The van der Waals surface area contributed by atoms with Crippen LogP contribution in [-0.2, 0) is 9.63 Å². The van der Waals surface area contributed by atoms with E-state index in [1.807, 2.05) is 21.1 Å². The second-order valence-electron chi connectivity index (χ2n) is 3.14. The second-order valence-corrected chi connectivity index (χ2v) is 3.14. The summed E-state index contributed by atoms with van der Waals surface area (Å²) in [5.41, 5.74) is 0. The summed E-state index contributed by atoms with van der Waals surface area (Å²) in [7, 11) is 5.70. The lowest BCUT2D eigenvalue weighted by atomic mass is 10.3. The van der Waals surface area contributed by atoms with Crippen LogP contribution in [0, 0.1) is 0 Å². The maximum absolute atomic E-state index is 10.7. The van der Waals surface area contributed by atoms with Gasteiger partial charge in [0.1, 0.15) is 6.61 Å². The molecule has 12 heavy (non-hydrogen) atoms. The molecule has 0 N–H and O–H groups in total. The summed E-state index contributed by atoms with van der Waals surface area (Å²) in [6.07, 6.45) is 1.73. The Hall–Kier alpha value is -0.380. The Balaban J connectivity index is 0. The highest BCUT2D eigenvalue weighted by molar-refractivity contribution is 5.89. The van der Waals surface area contributed by atoms with E-state index in [-0.39, 0.29) is 18.2 Å². The van der Waals surface area contributed by atoms with Crippen molar-refractivity contribution in [2.45, 2.75) is 6.42 Å². The summed E-state index contributed by atoms with van der Waals surface area (Å²) in [5, 5.41) is 0. The van der Waals surface area contributed by atoms with Crippen molar-refractivity contribution in [3.05, 3.63) is 12.7 Å². The van der Waals surface area contributed by atoms with E-state index in [0.717, 1.165) is 0 Å². The molecular weight excluding hydrogens is 178 g/mol. The third-order valence-electron chi connectivity index (χ3n) is 1.05. The molecule has 0 bridgehead atoms. The number of quaternary nitrogens is 1. The standard InChI is InChI=1S/C8H16NO2.ClH/c1-5-8(10)6-7-11-9(2,3)4;/h5H,1,6-7H2,2-4H3;1H/q+1;/p-1. The van der Waals surface area contributed by atoms with E-state index in [9.17, 15) is 4.79 Å². The van der Waals surface area contributed by atoms with Gasteiger partial charge in [0.25, 0.3) is 0 Å². The van der Waals surface area contributed by atoms with Gasteiger partial charge in [0.2, 0.25) is 0 Å². The first kappa shape index (κ1) is 14.2. The van der Waals surface area contributed by atoms with Gasteiger partial charge in [-0.25, -0.2) is 4.84 Å². The van der Waals surface area contributed by atoms with Crippen LogP contribution in [0.3, 0.4) is 0 Å². The molecule has 0 aliphatic carbocycles. The zero-order chi connectivity index (χ0) is 8.91. The number of nitrogens with zero attached hydrogens (tertiary/aromatic N) is 1. The quantitative estimate of drug-likeness (QED) is 0.281. The van der Waals surface area contributed by atoms with Crippen molar-refractivity contribution in [2.75, 3.05) is 27.7 Å². The lowest BCUT2D eigenvalue weighted by molar-refractivity contribution is -1.06. The number of carbonyl (C=O) groups excluding carboxylic acids is 1. The smallest absolute Gasteiger partial charge is 0.157 e. The van der Waals surface area contributed by atoms with Gasteiger partial charge in [-0.2, -0.15) is 4.65 Å². The zero-order valence-electron chi connectivity index (χ0n) is 7.84. The summed E-state index contributed by atoms with van der Waals surface area (Å²) in [4.78, 5) is 16.0. The van der Waals surface area contributed by atoms with E-state index >= 15 is 0 Å². The molecule has 0 aromatic carbocycles. The highest BCUT2D eigenvalue weighted by atomic mass is 35.5. The SMILES string of the molecule is C=CC(=O)CCO[N+](C)(C)C.[Cl-]. The van der Waals surface area contributed by atoms with E-state index in [4.69, 9.17) is 4.84 Å². The van der Waals surface area contributed by atoms with Crippen molar-refractivity contribution in [3.8, 4) is 0 Å². The molecule has 4 heteroatoms. The fourth-order valence-corrected chi connectivity index (χ4v) is 0.522. The second kappa shape index (κ2) is 6.17. The first-order valence-electron chi connectivity index (χ1n) is 3.57. The van der Waals surface area contributed by atoms with Crippen LogP contribution >= 0.6 is 0 Å². The fraction of sp³-hybridized carbons (Fsp3) is 0.625. The number of hydrogen-bond acceptors (Lipinski definition) is 2. The van der Waals surface area contributed by atoms with Crippen LogP contribution < -0.4 is 12.4 Å². The molecule has 0 fully saturated rings. The Morgan fingerprint density at radius 3 is 2.33 bits per heavy atom. The van der Waals surface area contributed by atoms with Gasteiger partial charge in [-0.1, -0.05) is 6.58 Å². The summed E-state index contributed by atoms with van der Waals surface area (Å²) >= 11 is 0. The molecule has 72 valence electrons. The highest BCUT2D eigenvalue weighted by Crippen LogP contribution is 1.94. The summed E-state index contributed by atoms with van der Waals surface area (Å²) < 4.78 is 0.421. The molecule has 0 unspecified atom stereocenters. The van der Waals surface area contributed by atoms with Gasteiger partial charge in [0.05, 0.1) is 21.1 Å². The van der Waals surface area contributed by atoms with E-state index in [1.165, 1.54) is 6.08 Å². The molecule has 0 radical (unpaired) electrons. The van der Waals surface area contributed by atoms with Crippen LogP contribution in [0.5, 0.6) is 0 Å². The lowest BCUT2D eigenvalue weighted by Gasteiger charge is -2.20. The molecule has 0 amide bonds. The minimum Gasteiger partial charge on any atom is -1.00 e. The summed E-state index contributed by atoms with van der Waals surface area (Å²) in [6.45, 7) is 3.82. The molecular formula is C8H16ClNO2. The van der Waals surface area contributed by atoms with Gasteiger partial charge in [-0.05, 0) is 6.08 Å². The number of halogens is 1. The molecule has 0 aromatic rings. The van der Waals surface area contributed by atoms with Crippen LogP contribution in [0.4, 0.5) is 0 Å². The van der Waals surface area contributed by atoms with E-state index in [0.29, 0.717) is 17.7 Å². The Morgan fingerprint density at radius 2 is 2.00 bits per heavy atom. The third-order valence-corrected chi connectivity index (χ3v) is 1.05. The van der Waals surface area contributed by atoms with Gasteiger partial charge < -0.3 is 12.4 Å². The van der Waals surface area contributed by atoms with Crippen LogP contribution in [-0.4, -0.2) is 38.2 Å². The van der Waals surface area contributed by atoms with Crippen molar-refractivity contribution < 1.29 is 26.7 Å². The molecule has 0 heterocycles. The Bertz CT molecular complexity index is 152. The van der Waals surface area contributed by atoms with E-state index in [2.05, 4.69) is 6.58 Å². The maximum atomic E-state index is 10.7. The number of ketones is 1. The van der Waals surface area contributed by atoms with Gasteiger partial charge in [0, 0.05) is 6.42 Å². The van der Waals surface area contributed by atoms with Gasteiger partial charge in [-0.3, -0.25) is 4.79 Å². The van der Waals surface area contributed by atoms with Crippen LogP contribution in [0.15, 0.2) is 12.7 Å². The van der Waals surface area contributed by atoms with E-state index < -0.39 is 0 Å². The summed E-state index contributed by atoms with van der Waals surface area (Å²) in [6, 6.07) is 0. The maximum Gasteiger partial charge on any atom is 0.157 e. The van der Waals surface area contributed by atoms with Gasteiger partial charge >= 0.3 is 0 Å². The minimum atomic E-state index is 0. The average Bonchev–Trinajstić information content (AvgIpc) is 1.85. The minimum absolute atomic E-state index is 0. The topological polar surface area (TPSA) is 26.3 Å². The molecule has 0 aliphatic rings. The predicted molar refractivity (Wildman–Crippen MR) is 43.8 cm³/mol. The van der Waals surface area contributed by atoms with Gasteiger partial charge in [0.15, 0.2) is 5.78 Å². The Labute approximate surface area is 80.0 Å². The van der Waals surface area contributed by atoms with Crippen LogP contribution in [0.1, 0.15) is 6.42 Å². The Kier molecular flexibility index (Phi) is 7.28. The third kappa shape index (κ3) is 9.62. The number of carbonyl (C=O) groups is 1. The molecule has 0 aromatic heterocycles. The van der Waals surface area contributed by atoms with Gasteiger partial charge in [-0.15, -0.1) is 0 Å². The molecule has 0 spiro atoms. The summed E-state index contributed by atoms with van der Waals surface area (Å²) in [5.74, 6) is 0.0263. The molecule has 3 nitrogen and oxygen atoms in total. The fourth-order valence-electron chi connectivity index (χ4n) is 0.522. The lowest BCUT2D eigenvalue weighted by Crippen LogP contribution is -3.00. The highest BCUT2D eigenvalue weighted by Gasteiger charge is 2.07. The average molecular weight is 194 g/mol. The monoisotopic (exact) mass is 193 g/mol. The zero-order valence-corrected chi connectivity index (χ0v) is 8.60. The van der Waals surface area contributed by atoms with Crippen molar-refractivity contribution in [1.29, 1.82) is 0 Å². The number of allylic oxidation sites excluding steroid dienone is 1. The van der Waals surface area contributed by atoms with Crippen molar-refractivity contribution in [1.82, 2.24) is 0 Å². The predicted octanol–water partition coefficient (Wildman–Crippen LogP) is -2.23. The first-order valence-corrected chi connectivity index (χ1v) is 3.57. The number of hydroxylamine groups is 3. The normalized spacial score (nSPS) is 10.2. The Morgan fingerprint density at radius 1 is 1.50 bits per heavy atom. The molecule has 0 saturated heterocycles. The molecule has 0 atom stereocenters. The molecule has 0 saturated carbocycles.